The number of nitrogens with zero attached hydrogens (tertiary/aromatic N) is 7. The van der Waals surface area contributed by atoms with Crippen LogP contribution in [0.25, 0.3) is 17.1 Å². The highest BCUT2D eigenvalue weighted by molar-refractivity contribution is 5.54. The molecule has 0 aliphatic heterocycles. The predicted molar refractivity (Wildman–Crippen MR) is 105 cm³/mol. The van der Waals surface area contributed by atoms with Gasteiger partial charge in [0.1, 0.15) is 5.82 Å². The standard InChI is InChI=1S/C20H21N7/c1-15(17-13-24-27(14-17)18-7-5-4-6-8-18)26-10-9-21-19(26)16-11-22-20(23-12-16)25(2)3/h4-15H,1-3H3. The lowest BCUT2D eigenvalue weighted by Gasteiger charge is -2.15. The number of aromatic nitrogens is 6. The lowest BCUT2D eigenvalue weighted by molar-refractivity contribution is 0.645. The number of benzene rings is 1. The minimum absolute atomic E-state index is 0.0773. The molecule has 4 aromatic rings. The zero-order chi connectivity index (χ0) is 18.8. The number of hydrogen-bond acceptors (Lipinski definition) is 5. The zero-order valence-electron chi connectivity index (χ0n) is 15.6. The van der Waals surface area contributed by atoms with Crippen molar-refractivity contribution < 1.29 is 0 Å². The minimum Gasteiger partial charge on any atom is -0.347 e. The lowest BCUT2D eigenvalue weighted by atomic mass is 10.2. The van der Waals surface area contributed by atoms with E-state index < -0.39 is 0 Å². The maximum absolute atomic E-state index is 4.51. The van der Waals surface area contributed by atoms with Crippen LogP contribution in [0, 0.1) is 0 Å². The Labute approximate surface area is 158 Å². The van der Waals surface area contributed by atoms with E-state index in [-0.39, 0.29) is 6.04 Å². The van der Waals surface area contributed by atoms with Crippen molar-refractivity contribution >= 4 is 5.95 Å². The van der Waals surface area contributed by atoms with Gasteiger partial charge in [0.2, 0.25) is 5.95 Å². The minimum atomic E-state index is 0.0773. The molecule has 0 fully saturated rings. The van der Waals surface area contributed by atoms with Crippen LogP contribution in [0.2, 0.25) is 0 Å². The molecule has 7 heteroatoms. The fourth-order valence-electron chi connectivity index (χ4n) is 2.95. The Kier molecular flexibility index (Phi) is 4.42. The van der Waals surface area contributed by atoms with Gasteiger partial charge in [-0.15, -0.1) is 0 Å². The second-order valence-corrected chi connectivity index (χ2v) is 6.55. The summed E-state index contributed by atoms with van der Waals surface area (Å²) < 4.78 is 4.00. The van der Waals surface area contributed by atoms with Crippen molar-refractivity contribution in [1.29, 1.82) is 0 Å². The summed E-state index contributed by atoms with van der Waals surface area (Å²) in [5.74, 6) is 1.51. The monoisotopic (exact) mass is 359 g/mol. The molecular formula is C20H21N7. The molecule has 0 aliphatic carbocycles. The van der Waals surface area contributed by atoms with Crippen LogP contribution < -0.4 is 4.90 Å². The summed E-state index contributed by atoms with van der Waals surface area (Å²) in [5.41, 5.74) is 3.02. The summed E-state index contributed by atoms with van der Waals surface area (Å²) in [7, 11) is 3.84. The molecule has 1 unspecified atom stereocenters. The fraction of sp³-hybridized carbons (Fsp3) is 0.200. The quantitative estimate of drug-likeness (QED) is 0.547. The van der Waals surface area contributed by atoms with Crippen molar-refractivity contribution in [3.8, 4) is 17.1 Å². The van der Waals surface area contributed by atoms with Gasteiger partial charge in [0.25, 0.3) is 0 Å². The van der Waals surface area contributed by atoms with E-state index in [0.717, 1.165) is 22.6 Å². The summed E-state index contributed by atoms with van der Waals surface area (Å²) in [6.45, 7) is 2.13. The third kappa shape index (κ3) is 3.31. The summed E-state index contributed by atoms with van der Waals surface area (Å²) in [6, 6.07) is 10.2. The van der Waals surface area contributed by atoms with Crippen molar-refractivity contribution in [3.63, 3.8) is 0 Å². The first-order valence-corrected chi connectivity index (χ1v) is 8.76. The Morgan fingerprint density at radius 3 is 2.41 bits per heavy atom. The Bertz CT molecular complexity index is 1020. The number of hydrogen-bond donors (Lipinski definition) is 0. The highest BCUT2D eigenvalue weighted by Crippen LogP contribution is 2.25. The summed E-state index contributed by atoms with van der Waals surface area (Å²) in [4.78, 5) is 15.2. The Morgan fingerprint density at radius 1 is 0.963 bits per heavy atom. The average molecular weight is 359 g/mol. The van der Waals surface area contributed by atoms with E-state index >= 15 is 0 Å². The summed E-state index contributed by atoms with van der Waals surface area (Å²) in [5, 5.41) is 4.50. The average Bonchev–Trinajstić information content (AvgIpc) is 3.38. The molecule has 1 aromatic carbocycles. The van der Waals surface area contributed by atoms with Gasteiger partial charge in [0.15, 0.2) is 0 Å². The maximum atomic E-state index is 4.51. The first-order valence-electron chi connectivity index (χ1n) is 8.76. The van der Waals surface area contributed by atoms with Gasteiger partial charge in [-0.2, -0.15) is 5.10 Å². The number of imidazole rings is 1. The lowest BCUT2D eigenvalue weighted by Crippen LogP contribution is -2.12. The van der Waals surface area contributed by atoms with Crippen LogP contribution in [0.1, 0.15) is 18.5 Å². The van der Waals surface area contributed by atoms with Crippen molar-refractivity contribution in [3.05, 3.63) is 73.1 Å². The Morgan fingerprint density at radius 2 is 1.70 bits per heavy atom. The van der Waals surface area contributed by atoms with E-state index in [9.17, 15) is 0 Å². The number of rotatable bonds is 5. The van der Waals surface area contributed by atoms with Crippen LogP contribution in [0.5, 0.6) is 0 Å². The highest BCUT2D eigenvalue weighted by Gasteiger charge is 2.16. The molecule has 3 heterocycles. The van der Waals surface area contributed by atoms with Gasteiger partial charge in [-0.25, -0.2) is 19.6 Å². The fourth-order valence-corrected chi connectivity index (χ4v) is 2.95. The van der Waals surface area contributed by atoms with Gasteiger partial charge in [-0.3, -0.25) is 0 Å². The van der Waals surface area contributed by atoms with Crippen molar-refractivity contribution in [2.24, 2.45) is 0 Å². The largest absolute Gasteiger partial charge is 0.347 e. The number of para-hydroxylation sites is 1. The van der Waals surface area contributed by atoms with Crippen molar-refractivity contribution in [1.82, 2.24) is 29.3 Å². The van der Waals surface area contributed by atoms with Crippen LogP contribution in [0.3, 0.4) is 0 Å². The number of anilines is 1. The normalized spacial score (nSPS) is 12.1. The highest BCUT2D eigenvalue weighted by atomic mass is 15.3. The molecule has 7 nitrogen and oxygen atoms in total. The van der Waals surface area contributed by atoms with Gasteiger partial charge >= 0.3 is 0 Å². The van der Waals surface area contributed by atoms with E-state index in [0.29, 0.717) is 5.95 Å². The van der Waals surface area contributed by atoms with E-state index in [2.05, 4.69) is 37.7 Å². The van der Waals surface area contributed by atoms with Crippen LogP contribution in [0.4, 0.5) is 5.95 Å². The first kappa shape index (κ1) is 17.0. The second-order valence-electron chi connectivity index (χ2n) is 6.55. The molecule has 0 aliphatic rings. The van der Waals surface area contributed by atoms with E-state index in [1.165, 1.54) is 0 Å². The molecule has 3 aromatic heterocycles. The maximum Gasteiger partial charge on any atom is 0.224 e. The first-order chi connectivity index (χ1) is 13.1. The third-order valence-corrected chi connectivity index (χ3v) is 4.49. The molecule has 1 atom stereocenters. The third-order valence-electron chi connectivity index (χ3n) is 4.49. The van der Waals surface area contributed by atoms with Crippen molar-refractivity contribution in [2.75, 3.05) is 19.0 Å². The molecule has 27 heavy (non-hydrogen) atoms. The molecule has 0 bridgehead atoms. The topological polar surface area (TPSA) is 64.7 Å². The molecule has 0 N–H and O–H groups in total. The predicted octanol–water partition coefficient (Wildman–Crippen LogP) is 3.20. The van der Waals surface area contributed by atoms with E-state index in [4.69, 9.17) is 0 Å². The molecule has 0 radical (unpaired) electrons. The van der Waals surface area contributed by atoms with Gasteiger partial charge in [0.05, 0.1) is 23.5 Å². The zero-order valence-corrected chi connectivity index (χ0v) is 15.6. The molecule has 136 valence electrons. The van der Waals surface area contributed by atoms with E-state index in [1.54, 1.807) is 18.6 Å². The summed E-state index contributed by atoms with van der Waals surface area (Å²) in [6.07, 6.45) is 11.3. The molecule has 0 saturated heterocycles. The smallest absolute Gasteiger partial charge is 0.224 e. The van der Waals surface area contributed by atoms with Gasteiger partial charge < -0.3 is 9.47 Å². The van der Waals surface area contributed by atoms with Crippen LogP contribution >= 0.6 is 0 Å². The van der Waals surface area contributed by atoms with E-state index in [1.807, 2.05) is 66.4 Å². The molecular weight excluding hydrogens is 338 g/mol. The van der Waals surface area contributed by atoms with Gasteiger partial charge in [0, 0.05) is 50.6 Å². The van der Waals surface area contributed by atoms with Crippen molar-refractivity contribution in [2.45, 2.75) is 13.0 Å². The molecule has 0 saturated carbocycles. The summed E-state index contributed by atoms with van der Waals surface area (Å²) >= 11 is 0. The SMILES string of the molecule is CC(c1cnn(-c2ccccc2)c1)n1ccnc1-c1cnc(N(C)C)nc1. The van der Waals surface area contributed by atoms with Crippen LogP contribution in [-0.2, 0) is 0 Å². The van der Waals surface area contributed by atoms with Crippen LogP contribution in [0.15, 0.2) is 67.5 Å². The van der Waals surface area contributed by atoms with Gasteiger partial charge in [-0.1, -0.05) is 18.2 Å². The second kappa shape index (κ2) is 7.03. The molecule has 0 spiro atoms. The van der Waals surface area contributed by atoms with Crippen LogP contribution in [-0.4, -0.2) is 43.4 Å². The molecule has 4 rings (SSSR count). The van der Waals surface area contributed by atoms with Gasteiger partial charge in [-0.05, 0) is 19.1 Å². The Hall–Kier alpha value is -3.48. The molecule has 0 amide bonds. The Balaban J connectivity index is 1.63.